The minimum absolute atomic E-state index is 0. The van der Waals surface area contributed by atoms with E-state index in [1.165, 1.54) is 44.9 Å². The summed E-state index contributed by atoms with van der Waals surface area (Å²) in [5.74, 6) is -0.896. The van der Waals surface area contributed by atoms with Gasteiger partial charge in [-0.05, 0) is 6.42 Å². The number of unbranched alkanes of at least 4 members (excludes halogenated alkanes) is 8. The Labute approximate surface area is 135 Å². The Morgan fingerprint density at radius 2 is 1.35 bits per heavy atom. The molecule has 0 aromatic carbocycles. The Morgan fingerprint density at radius 3 is 1.85 bits per heavy atom. The van der Waals surface area contributed by atoms with Gasteiger partial charge in [0.25, 0.3) is 0 Å². The fraction of sp³-hybridized carbons (Fsp3) is 0.867. The number of rotatable bonds is 13. The van der Waals surface area contributed by atoms with Crippen molar-refractivity contribution in [3.8, 4) is 0 Å². The largest absolute Gasteiger partial charge is 0.481 e. The van der Waals surface area contributed by atoms with Crippen molar-refractivity contribution in [2.45, 2.75) is 77.6 Å². The van der Waals surface area contributed by atoms with Crippen LogP contribution in [0.5, 0.6) is 0 Å². The molecule has 0 radical (unpaired) electrons. The molecule has 0 aromatic rings. The number of hydrogen-bond acceptors (Lipinski definition) is 2. The molecule has 0 saturated carbocycles. The molecule has 2 N–H and O–H groups in total. The Bertz CT molecular complexity index is 247. The van der Waals surface area contributed by atoms with Gasteiger partial charge in [0, 0.05) is 32.4 Å². The summed E-state index contributed by atoms with van der Waals surface area (Å²) in [6.45, 7) is 2.47. The van der Waals surface area contributed by atoms with Gasteiger partial charge in [-0.2, -0.15) is 0 Å². The van der Waals surface area contributed by atoms with E-state index in [9.17, 15) is 9.59 Å². The van der Waals surface area contributed by atoms with Crippen molar-refractivity contribution in [2.24, 2.45) is 0 Å². The zero-order chi connectivity index (χ0) is 14.3. The van der Waals surface area contributed by atoms with Gasteiger partial charge in [-0.15, -0.1) is 0 Å². The number of carboxylic acid groups (broad SMARTS) is 1. The van der Waals surface area contributed by atoms with Crippen molar-refractivity contribution < 1.29 is 34.2 Å². The molecule has 0 aliphatic rings. The van der Waals surface area contributed by atoms with Gasteiger partial charge in [0.2, 0.25) is 5.91 Å². The van der Waals surface area contributed by atoms with E-state index < -0.39 is 5.97 Å². The van der Waals surface area contributed by atoms with Gasteiger partial charge >= 0.3 is 5.97 Å². The number of carboxylic acids is 1. The fourth-order valence-electron chi connectivity index (χ4n) is 1.99. The molecule has 5 heteroatoms. The maximum atomic E-state index is 11.3. The van der Waals surface area contributed by atoms with Gasteiger partial charge < -0.3 is 10.4 Å². The first-order valence-corrected chi connectivity index (χ1v) is 7.65. The van der Waals surface area contributed by atoms with Crippen LogP contribution in [0.4, 0.5) is 0 Å². The summed E-state index contributed by atoms with van der Waals surface area (Å²) in [4.78, 5) is 21.6. The summed E-state index contributed by atoms with van der Waals surface area (Å²) < 4.78 is 0. The molecule has 0 bridgehead atoms. The molecule has 0 fully saturated rings. The standard InChI is InChI=1S/C15H29NO3.Zn/c1-2-3-4-5-6-7-8-9-10-11-14(17)16-13-12-15(18)19;/h2-13H2,1H3,(H,16,17)(H,18,19);. The first-order valence-electron chi connectivity index (χ1n) is 7.65. The maximum absolute atomic E-state index is 11.3. The first-order chi connectivity index (χ1) is 9.16. The Balaban J connectivity index is 0. The van der Waals surface area contributed by atoms with Crippen LogP contribution in [0.1, 0.15) is 77.6 Å². The summed E-state index contributed by atoms with van der Waals surface area (Å²) in [5, 5.41) is 11.0. The predicted octanol–water partition coefficient (Wildman–Crippen LogP) is 3.50. The van der Waals surface area contributed by atoms with E-state index in [2.05, 4.69) is 12.2 Å². The van der Waals surface area contributed by atoms with Gasteiger partial charge in [0.05, 0.1) is 6.42 Å². The molecule has 0 saturated heterocycles. The van der Waals surface area contributed by atoms with E-state index in [4.69, 9.17) is 5.11 Å². The summed E-state index contributed by atoms with van der Waals surface area (Å²) in [6.07, 6.45) is 11.6. The maximum Gasteiger partial charge on any atom is 0.305 e. The molecule has 0 aliphatic carbocycles. The molecule has 0 aliphatic heterocycles. The smallest absolute Gasteiger partial charge is 0.305 e. The molecule has 4 nitrogen and oxygen atoms in total. The Hall–Kier alpha value is -0.437. The second-order valence-corrected chi connectivity index (χ2v) is 5.07. The van der Waals surface area contributed by atoms with Crippen LogP contribution in [-0.2, 0) is 29.1 Å². The van der Waals surface area contributed by atoms with Crippen molar-refractivity contribution in [2.75, 3.05) is 6.54 Å². The van der Waals surface area contributed by atoms with E-state index >= 15 is 0 Å². The van der Waals surface area contributed by atoms with Crippen molar-refractivity contribution in [1.82, 2.24) is 5.32 Å². The van der Waals surface area contributed by atoms with Gasteiger partial charge in [0.1, 0.15) is 0 Å². The third-order valence-corrected chi connectivity index (χ3v) is 3.17. The van der Waals surface area contributed by atoms with Crippen LogP contribution in [0.3, 0.4) is 0 Å². The topological polar surface area (TPSA) is 66.4 Å². The molecule has 0 unspecified atom stereocenters. The summed E-state index contributed by atoms with van der Waals surface area (Å²) in [6, 6.07) is 0. The minimum atomic E-state index is -0.872. The minimum Gasteiger partial charge on any atom is -0.481 e. The van der Waals surface area contributed by atoms with Gasteiger partial charge in [0.15, 0.2) is 0 Å². The number of carbonyl (C=O) groups is 2. The number of nitrogens with one attached hydrogen (secondary N) is 1. The molecular formula is C15H29NO3Zn. The predicted molar refractivity (Wildman–Crippen MR) is 77.1 cm³/mol. The molecular weight excluding hydrogens is 308 g/mol. The number of amides is 1. The second-order valence-electron chi connectivity index (χ2n) is 5.07. The van der Waals surface area contributed by atoms with E-state index in [1.807, 2.05) is 0 Å². The number of carbonyl (C=O) groups excluding carboxylic acids is 1. The number of aliphatic carboxylic acids is 1. The average molecular weight is 337 g/mol. The third-order valence-electron chi connectivity index (χ3n) is 3.17. The molecule has 1 amide bonds. The SMILES string of the molecule is CCCCCCCCCCCC(=O)NCCC(=O)O.[Zn]. The molecule has 0 atom stereocenters. The zero-order valence-electron chi connectivity index (χ0n) is 13.0. The van der Waals surface area contributed by atoms with Crippen LogP contribution < -0.4 is 5.32 Å². The first kappa shape index (κ1) is 21.9. The van der Waals surface area contributed by atoms with Crippen molar-refractivity contribution in [3.63, 3.8) is 0 Å². The molecule has 20 heavy (non-hydrogen) atoms. The number of hydrogen-bond donors (Lipinski definition) is 2. The monoisotopic (exact) mass is 335 g/mol. The van der Waals surface area contributed by atoms with Crippen molar-refractivity contribution >= 4 is 11.9 Å². The molecule has 0 aromatic heterocycles. The summed E-state index contributed by atoms with van der Waals surface area (Å²) >= 11 is 0. The van der Waals surface area contributed by atoms with Crippen LogP contribution in [-0.4, -0.2) is 23.5 Å². The van der Waals surface area contributed by atoms with Crippen LogP contribution in [0.25, 0.3) is 0 Å². The molecule has 114 valence electrons. The summed E-state index contributed by atoms with van der Waals surface area (Å²) in [5.41, 5.74) is 0. The zero-order valence-corrected chi connectivity index (χ0v) is 15.9. The van der Waals surface area contributed by atoms with Crippen LogP contribution in [0.15, 0.2) is 0 Å². The molecule has 0 heterocycles. The summed E-state index contributed by atoms with van der Waals surface area (Å²) in [7, 11) is 0. The van der Waals surface area contributed by atoms with E-state index in [-0.39, 0.29) is 38.4 Å². The van der Waals surface area contributed by atoms with Crippen LogP contribution in [0.2, 0.25) is 0 Å². The van der Waals surface area contributed by atoms with Crippen LogP contribution in [0, 0.1) is 0 Å². The Kier molecular flexibility index (Phi) is 18.2. The fourth-order valence-corrected chi connectivity index (χ4v) is 1.99. The van der Waals surface area contributed by atoms with Crippen LogP contribution >= 0.6 is 0 Å². The van der Waals surface area contributed by atoms with Crippen molar-refractivity contribution in [1.29, 1.82) is 0 Å². The van der Waals surface area contributed by atoms with Gasteiger partial charge in [-0.25, -0.2) is 0 Å². The second kappa shape index (κ2) is 16.6. The van der Waals surface area contributed by atoms with Crippen molar-refractivity contribution in [3.05, 3.63) is 0 Å². The molecule has 0 spiro atoms. The Morgan fingerprint density at radius 1 is 0.850 bits per heavy atom. The van der Waals surface area contributed by atoms with E-state index in [0.717, 1.165) is 12.8 Å². The van der Waals surface area contributed by atoms with E-state index in [1.54, 1.807) is 0 Å². The normalized spacial score (nSPS) is 9.85. The molecule has 0 rings (SSSR count). The average Bonchev–Trinajstić information content (AvgIpc) is 2.36. The third kappa shape index (κ3) is 17.6. The van der Waals surface area contributed by atoms with E-state index in [0.29, 0.717) is 6.42 Å². The van der Waals surface area contributed by atoms with Gasteiger partial charge in [-0.3, -0.25) is 9.59 Å². The van der Waals surface area contributed by atoms with Gasteiger partial charge in [-0.1, -0.05) is 58.3 Å². The quantitative estimate of drug-likeness (QED) is 0.399.